The van der Waals surface area contributed by atoms with Crippen LogP contribution in [-0.2, 0) is 4.79 Å². The number of nitriles is 1. The fourth-order valence-corrected chi connectivity index (χ4v) is 2.96. The first-order valence-electron chi connectivity index (χ1n) is 7.25. The van der Waals surface area contributed by atoms with Crippen LogP contribution in [0.2, 0.25) is 0 Å². The Labute approximate surface area is 144 Å². The van der Waals surface area contributed by atoms with Gasteiger partial charge in [0.05, 0.1) is 4.91 Å². The summed E-state index contributed by atoms with van der Waals surface area (Å²) in [7, 11) is 0. The van der Waals surface area contributed by atoms with Crippen LogP contribution in [0.25, 0.3) is 18.2 Å². The normalized spacial score (nSPS) is 17.4. The van der Waals surface area contributed by atoms with Gasteiger partial charge >= 0.3 is 0 Å². The number of thioether (sulfide) groups is 1. The van der Waals surface area contributed by atoms with E-state index in [2.05, 4.69) is 10.3 Å². The van der Waals surface area contributed by atoms with Crippen molar-refractivity contribution in [3.8, 4) is 6.19 Å². The second kappa shape index (κ2) is 7.44. The fraction of sp³-hybridized carbons (Fsp3) is 0. The predicted octanol–water partition coefficient (Wildman–Crippen LogP) is 3.90. The van der Waals surface area contributed by atoms with Crippen LogP contribution in [0.4, 0.5) is 0 Å². The highest BCUT2D eigenvalue weighted by Crippen LogP contribution is 2.26. The molecule has 0 saturated carbocycles. The quantitative estimate of drug-likeness (QED) is 0.527. The number of aliphatic imine (C=N–C) groups is 1. The molecule has 1 aliphatic heterocycles. The number of amidine groups is 1. The summed E-state index contributed by atoms with van der Waals surface area (Å²) in [5.74, 6) is -0.237. The van der Waals surface area contributed by atoms with E-state index in [1.54, 1.807) is 12.3 Å². The Morgan fingerprint density at radius 1 is 1.00 bits per heavy atom. The van der Waals surface area contributed by atoms with Crippen LogP contribution in [0.1, 0.15) is 16.7 Å². The number of nitrogens with zero attached hydrogens (tertiary/aromatic N) is 2. The molecule has 1 amide bonds. The number of amides is 1. The molecule has 1 fully saturated rings. The molecule has 0 spiro atoms. The highest BCUT2D eigenvalue weighted by molar-refractivity contribution is 8.18. The average molecular weight is 331 g/mol. The third-order valence-corrected chi connectivity index (χ3v) is 4.19. The number of benzene rings is 2. The minimum absolute atomic E-state index is 0.237. The number of hydrogen-bond acceptors (Lipinski definition) is 4. The molecular formula is C19H13N3OS. The summed E-state index contributed by atoms with van der Waals surface area (Å²) in [6.07, 6.45) is 7.54. The van der Waals surface area contributed by atoms with Crippen molar-refractivity contribution in [1.82, 2.24) is 5.32 Å². The van der Waals surface area contributed by atoms with E-state index >= 15 is 0 Å². The average Bonchev–Trinajstić information content (AvgIpc) is 2.94. The lowest BCUT2D eigenvalue weighted by Crippen LogP contribution is -2.19. The van der Waals surface area contributed by atoms with Gasteiger partial charge in [-0.3, -0.25) is 10.1 Å². The zero-order chi connectivity index (χ0) is 16.8. The van der Waals surface area contributed by atoms with Gasteiger partial charge in [-0.1, -0.05) is 60.7 Å². The molecule has 24 heavy (non-hydrogen) atoms. The third kappa shape index (κ3) is 4.00. The van der Waals surface area contributed by atoms with Gasteiger partial charge in [-0.2, -0.15) is 5.26 Å². The van der Waals surface area contributed by atoms with Gasteiger partial charge in [0.1, 0.15) is 0 Å². The summed E-state index contributed by atoms with van der Waals surface area (Å²) >= 11 is 1.16. The highest BCUT2D eigenvalue weighted by Gasteiger charge is 2.23. The summed E-state index contributed by atoms with van der Waals surface area (Å²) < 4.78 is 0. The lowest BCUT2D eigenvalue weighted by molar-refractivity contribution is -0.115. The van der Waals surface area contributed by atoms with Crippen LogP contribution in [0, 0.1) is 11.5 Å². The number of hydrogen-bond donors (Lipinski definition) is 1. The van der Waals surface area contributed by atoms with E-state index in [0.29, 0.717) is 10.1 Å². The van der Waals surface area contributed by atoms with Crippen molar-refractivity contribution in [3.63, 3.8) is 0 Å². The molecule has 0 unspecified atom stereocenters. The molecule has 2 aromatic carbocycles. The molecule has 0 radical (unpaired) electrons. The molecule has 0 aliphatic carbocycles. The maximum atomic E-state index is 11.9. The Hall–Kier alpha value is -3.10. The Balaban J connectivity index is 1.80. The Morgan fingerprint density at radius 2 is 1.71 bits per heavy atom. The molecule has 5 heteroatoms. The van der Waals surface area contributed by atoms with Gasteiger partial charge in [-0.15, -0.1) is 4.99 Å². The van der Waals surface area contributed by atoms with E-state index in [9.17, 15) is 4.79 Å². The predicted molar refractivity (Wildman–Crippen MR) is 98.6 cm³/mol. The Bertz CT molecular complexity index is 892. The Morgan fingerprint density at radius 3 is 2.50 bits per heavy atom. The van der Waals surface area contributed by atoms with Crippen LogP contribution in [0.3, 0.4) is 0 Å². The van der Waals surface area contributed by atoms with Crippen molar-refractivity contribution in [2.75, 3.05) is 0 Å². The first-order chi connectivity index (χ1) is 11.7. The molecule has 116 valence electrons. The summed E-state index contributed by atoms with van der Waals surface area (Å²) in [5.41, 5.74) is 3.09. The summed E-state index contributed by atoms with van der Waals surface area (Å²) in [6.45, 7) is 0. The maximum absolute atomic E-state index is 11.9. The largest absolute Gasteiger partial charge is 0.300 e. The molecule has 1 N–H and O–H groups in total. The summed E-state index contributed by atoms with van der Waals surface area (Å²) in [4.78, 5) is 15.9. The third-order valence-electron chi connectivity index (χ3n) is 3.28. The van der Waals surface area contributed by atoms with Crippen LogP contribution in [0.15, 0.2) is 64.5 Å². The molecule has 4 nitrogen and oxygen atoms in total. The number of carbonyl (C=O) groups excluding carboxylic acids is 1. The lowest BCUT2D eigenvalue weighted by atomic mass is 10.1. The van der Waals surface area contributed by atoms with Crippen LogP contribution < -0.4 is 5.32 Å². The maximum Gasteiger partial charge on any atom is 0.264 e. The van der Waals surface area contributed by atoms with E-state index in [-0.39, 0.29) is 5.91 Å². The SMILES string of the molecule is N#C/N=C1\NC(=O)/C(=C\c2cccc(/C=C/c3ccccc3)c2)S1. The van der Waals surface area contributed by atoms with Crippen molar-refractivity contribution in [2.24, 2.45) is 4.99 Å². The van der Waals surface area contributed by atoms with Crippen molar-refractivity contribution >= 4 is 41.1 Å². The van der Waals surface area contributed by atoms with Gasteiger partial charge in [-0.25, -0.2) is 0 Å². The molecule has 1 saturated heterocycles. The topological polar surface area (TPSA) is 65.2 Å². The molecule has 1 heterocycles. The number of nitrogens with one attached hydrogen (secondary N) is 1. The molecule has 2 aromatic rings. The fourth-order valence-electron chi connectivity index (χ4n) is 2.19. The molecular weight excluding hydrogens is 318 g/mol. The summed E-state index contributed by atoms with van der Waals surface area (Å²) in [6, 6.07) is 17.9. The molecule has 0 bridgehead atoms. The van der Waals surface area contributed by atoms with Gasteiger partial charge in [0.15, 0.2) is 5.17 Å². The highest BCUT2D eigenvalue weighted by atomic mass is 32.2. The van der Waals surface area contributed by atoms with E-state index in [1.807, 2.05) is 66.7 Å². The molecule has 0 aromatic heterocycles. The van der Waals surface area contributed by atoms with Crippen LogP contribution >= 0.6 is 11.8 Å². The van der Waals surface area contributed by atoms with E-state index < -0.39 is 0 Å². The van der Waals surface area contributed by atoms with Crippen molar-refractivity contribution in [1.29, 1.82) is 5.26 Å². The number of carbonyl (C=O) groups is 1. The number of rotatable bonds is 3. The smallest absolute Gasteiger partial charge is 0.264 e. The molecule has 1 aliphatic rings. The molecule has 3 rings (SSSR count). The minimum Gasteiger partial charge on any atom is -0.300 e. The first-order valence-corrected chi connectivity index (χ1v) is 8.07. The van der Waals surface area contributed by atoms with E-state index in [0.717, 1.165) is 28.5 Å². The second-order valence-electron chi connectivity index (χ2n) is 5.00. The van der Waals surface area contributed by atoms with Crippen molar-refractivity contribution in [3.05, 3.63) is 76.2 Å². The van der Waals surface area contributed by atoms with Gasteiger partial charge in [0, 0.05) is 0 Å². The van der Waals surface area contributed by atoms with Crippen molar-refractivity contribution in [2.45, 2.75) is 0 Å². The van der Waals surface area contributed by atoms with Crippen LogP contribution in [-0.4, -0.2) is 11.1 Å². The van der Waals surface area contributed by atoms with E-state index in [1.165, 1.54) is 0 Å². The van der Waals surface area contributed by atoms with Gasteiger partial charge in [-0.05, 0) is 40.6 Å². The van der Waals surface area contributed by atoms with Crippen LogP contribution in [0.5, 0.6) is 0 Å². The van der Waals surface area contributed by atoms with Crippen molar-refractivity contribution < 1.29 is 4.79 Å². The zero-order valence-electron chi connectivity index (χ0n) is 12.6. The minimum atomic E-state index is -0.237. The van der Waals surface area contributed by atoms with E-state index in [4.69, 9.17) is 5.26 Å². The van der Waals surface area contributed by atoms with Gasteiger partial charge < -0.3 is 0 Å². The lowest BCUT2D eigenvalue weighted by Gasteiger charge is -1.98. The Kier molecular flexibility index (Phi) is 4.90. The molecule has 0 atom stereocenters. The van der Waals surface area contributed by atoms with Gasteiger partial charge in [0.25, 0.3) is 5.91 Å². The first kappa shape index (κ1) is 15.8. The zero-order valence-corrected chi connectivity index (χ0v) is 13.5. The van der Waals surface area contributed by atoms with Gasteiger partial charge in [0.2, 0.25) is 6.19 Å². The summed E-state index contributed by atoms with van der Waals surface area (Å²) in [5, 5.41) is 11.4. The monoisotopic (exact) mass is 331 g/mol. The standard InChI is InChI=1S/C19H13N3OS/c20-13-21-19-22-18(23)17(24-19)12-16-8-4-7-15(11-16)10-9-14-5-2-1-3-6-14/h1-12H,(H,21,22,23)/b10-9+,17-12+. The second-order valence-corrected chi connectivity index (χ2v) is 6.03.